The number of aromatic nitrogens is 3. The van der Waals surface area contributed by atoms with Gasteiger partial charge in [-0.25, -0.2) is 9.97 Å². The number of benzene rings is 1. The lowest BCUT2D eigenvalue weighted by atomic mass is 10.1. The van der Waals surface area contributed by atoms with Crippen molar-refractivity contribution in [1.82, 2.24) is 15.0 Å². The lowest BCUT2D eigenvalue weighted by molar-refractivity contribution is 0.936. The molecule has 0 radical (unpaired) electrons. The van der Waals surface area contributed by atoms with Crippen molar-refractivity contribution in [3.05, 3.63) is 48.4 Å². The van der Waals surface area contributed by atoms with Gasteiger partial charge < -0.3 is 5.73 Å². The molecule has 1 aromatic carbocycles. The topological polar surface area (TPSA) is 64.7 Å². The largest absolute Gasteiger partial charge is 0.384 e. The fraction of sp³-hybridized carbons (Fsp3) is 0.188. The number of pyridine rings is 1. The number of nitrogen functional groups attached to an aromatic ring is 1. The molecule has 1 aliphatic carbocycles. The highest BCUT2D eigenvalue weighted by atomic mass is 15.0. The molecule has 0 bridgehead atoms. The first-order valence-corrected chi connectivity index (χ1v) is 6.79. The molecule has 20 heavy (non-hydrogen) atoms. The van der Waals surface area contributed by atoms with Gasteiger partial charge in [-0.2, -0.15) is 0 Å². The quantitative estimate of drug-likeness (QED) is 0.770. The van der Waals surface area contributed by atoms with E-state index in [1.54, 1.807) is 6.20 Å². The second kappa shape index (κ2) is 4.27. The van der Waals surface area contributed by atoms with Crippen LogP contribution in [0.2, 0.25) is 0 Å². The number of nitrogens with two attached hydrogens (primary N) is 1. The fourth-order valence-corrected chi connectivity index (χ4v) is 2.39. The molecule has 4 nitrogen and oxygen atoms in total. The average molecular weight is 262 g/mol. The van der Waals surface area contributed by atoms with E-state index in [1.165, 1.54) is 12.8 Å². The van der Waals surface area contributed by atoms with Gasteiger partial charge in [-0.1, -0.05) is 12.1 Å². The number of hydrogen-bond donors (Lipinski definition) is 1. The summed E-state index contributed by atoms with van der Waals surface area (Å²) in [4.78, 5) is 13.3. The van der Waals surface area contributed by atoms with E-state index < -0.39 is 0 Å². The molecule has 98 valence electrons. The Morgan fingerprint density at radius 3 is 2.80 bits per heavy atom. The highest BCUT2D eigenvalue weighted by molar-refractivity contribution is 5.83. The smallest absolute Gasteiger partial charge is 0.134 e. The fourth-order valence-electron chi connectivity index (χ4n) is 2.39. The first-order valence-electron chi connectivity index (χ1n) is 6.79. The normalized spacial score (nSPS) is 14.6. The van der Waals surface area contributed by atoms with Gasteiger partial charge in [0.1, 0.15) is 11.6 Å². The summed E-state index contributed by atoms with van der Waals surface area (Å²) in [6.45, 7) is 0. The SMILES string of the molecule is Nc1cc(-c2ccc3ncccc3c2)nc(C2CC2)n1. The van der Waals surface area contributed by atoms with Crippen LogP contribution < -0.4 is 5.73 Å². The summed E-state index contributed by atoms with van der Waals surface area (Å²) >= 11 is 0. The van der Waals surface area contributed by atoms with Gasteiger partial charge in [0, 0.05) is 29.1 Å². The highest BCUT2D eigenvalue weighted by Gasteiger charge is 2.27. The molecule has 0 atom stereocenters. The van der Waals surface area contributed by atoms with Crippen LogP contribution >= 0.6 is 0 Å². The van der Waals surface area contributed by atoms with E-state index in [-0.39, 0.29) is 0 Å². The van der Waals surface area contributed by atoms with E-state index in [4.69, 9.17) is 5.73 Å². The Labute approximate surface area is 116 Å². The molecular weight excluding hydrogens is 248 g/mol. The van der Waals surface area contributed by atoms with E-state index in [0.717, 1.165) is 28.0 Å². The highest BCUT2D eigenvalue weighted by Crippen LogP contribution is 2.39. The van der Waals surface area contributed by atoms with Crippen LogP contribution in [0.25, 0.3) is 22.2 Å². The van der Waals surface area contributed by atoms with Gasteiger partial charge >= 0.3 is 0 Å². The summed E-state index contributed by atoms with van der Waals surface area (Å²) in [5.74, 6) is 1.92. The second-order valence-corrected chi connectivity index (χ2v) is 5.22. The standard InChI is InChI=1S/C16H14N4/c17-15-9-14(19-16(20-15)10-3-4-10)12-5-6-13-11(8-12)2-1-7-18-13/h1-2,5-10H,3-4H2,(H2,17,19,20). The molecule has 2 heterocycles. The van der Waals surface area contributed by atoms with Crippen LogP contribution in [0.3, 0.4) is 0 Å². The van der Waals surface area contributed by atoms with Crippen LogP contribution in [0.1, 0.15) is 24.6 Å². The Kier molecular flexibility index (Phi) is 2.42. The molecule has 1 saturated carbocycles. The Hall–Kier alpha value is -2.49. The Morgan fingerprint density at radius 2 is 1.95 bits per heavy atom. The van der Waals surface area contributed by atoms with Crippen molar-refractivity contribution >= 4 is 16.7 Å². The Balaban J connectivity index is 1.85. The summed E-state index contributed by atoms with van der Waals surface area (Å²) in [6, 6.07) is 12.0. The average Bonchev–Trinajstić information content (AvgIpc) is 3.31. The number of rotatable bonds is 2. The minimum Gasteiger partial charge on any atom is -0.384 e. The van der Waals surface area contributed by atoms with Gasteiger partial charge in [0.2, 0.25) is 0 Å². The van der Waals surface area contributed by atoms with Gasteiger partial charge in [-0.15, -0.1) is 0 Å². The molecule has 3 aromatic rings. The molecule has 0 spiro atoms. The van der Waals surface area contributed by atoms with Crippen LogP contribution in [0, 0.1) is 0 Å². The predicted octanol–water partition coefficient (Wildman–Crippen LogP) is 3.15. The summed E-state index contributed by atoms with van der Waals surface area (Å²) in [6.07, 6.45) is 4.14. The van der Waals surface area contributed by atoms with E-state index in [0.29, 0.717) is 11.7 Å². The molecular formula is C16H14N4. The number of anilines is 1. The summed E-state index contributed by atoms with van der Waals surface area (Å²) in [5.41, 5.74) is 8.85. The van der Waals surface area contributed by atoms with Crippen molar-refractivity contribution in [1.29, 1.82) is 0 Å². The summed E-state index contributed by atoms with van der Waals surface area (Å²) in [7, 11) is 0. The maximum atomic E-state index is 5.91. The second-order valence-electron chi connectivity index (χ2n) is 5.22. The molecule has 4 rings (SSSR count). The van der Waals surface area contributed by atoms with Crippen LogP contribution in [0.5, 0.6) is 0 Å². The van der Waals surface area contributed by atoms with Gasteiger partial charge in [-0.3, -0.25) is 4.98 Å². The molecule has 0 aliphatic heterocycles. The predicted molar refractivity (Wildman–Crippen MR) is 79.2 cm³/mol. The first-order chi connectivity index (χ1) is 9.79. The van der Waals surface area contributed by atoms with Crippen molar-refractivity contribution in [3.8, 4) is 11.3 Å². The zero-order valence-corrected chi connectivity index (χ0v) is 11.0. The zero-order valence-electron chi connectivity index (χ0n) is 11.0. The Morgan fingerprint density at radius 1 is 1.05 bits per heavy atom. The van der Waals surface area contributed by atoms with Gasteiger partial charge in [0.25, 0.3) is 0 Å². The van der Waals surface area contributed by atoms with Gasteiger partial charge in [0.15, 0.2) is 0 Å². The molecule has 0 unspecified atom stereocenters. The maximum Gasteiger partial charge on any atom is 0.134 e. The number of hydrogen-bond acceptors (Lipinski definition) is 4. The number of nitrogens with zero attached hydrogens (tertiary/aromatic N) is 3. The third kappa shape index (κ3) is 1.99. The molecule has 0 amide bonds. The summed E-state index contributed by atoms with van der Waals surface area (Å²) < 4.78 is 0. The monoisotopic (exact) mass is 262 g/mol. The molecule has 2 N–H and O–H groups in total. The van der Waals surface area contributed by atoms with Crippen LogP contribution in [0.15, 0.2) is 42.6 Å². The summed E-state index contributed by atoms with van der Waals surface area (Å²) in [5, 5.41) is 1.11. The third-order valence-corrected chi connectivity index (χ3v) is 3.60. The van der Waals surface area contributed by atoms with E-state index >= 15 is 0 Å². The maximum absolute atomic E-state index is 5.91. The first kappa shape index (κ1) is 11.3. The van der Waals surface area contributed by atoms with E-state index in [2.05, 4.69) is 27.1 Å². The minimum atomic E-state index is 0.499. The van der Waals surface area contributed by atoms with E-state index in [9.17, 15) is 0 Å². The van der Waals surface area contributed by atoms with Crippen molar-refractivity contribution in [2.45, 2.75) is 18.8 Å². The lowest BCUT2D eigenvalue weighted by Crippen LogP contribution is -2.00. The van der Waals surface area contributed by atoms with Crippen molar-refractivity contribution in [2.75, 3.05) is 5.73 Å². The molecule has 0 saturated heterocycles. The zero-order chi connectivity index (χ0) is 13.5. The van der Waals surface area contributed by atoms with Crippen LogP contribution in [-0.4, -0.2) is 15.0 Å². The van der Waals surface area contributed by atoms with Crippen molar-refractivity contribution < 1.29 is 0 Å². The molecule has 1 fully saturated rings. The third-order valence-electron chi connectivity index (χ3n) is 3.60. The lowest BCUT2D eigenvalue weighted by Gasteiger charge is -2.06. The van der Waals surface area contributed by atoms with Gasteiger partial charge in [0.05, 0.1) is 11.2 Å². The van der Waals surface area contributed by atoms with Gasteiger partial charge in [-0.05, 0) is 31.0 Å². The van der Waals surface area contributed by atoms with Crippen LogP contribution in [-0.2, 0) is 0 Å². The van der Waals surface area contributed by atoms with Crippen molar-refractivity contribution in [2.24, 2.45) is 0 Å². The number of fused-ring (bicyclic) bond motifs is 1. The van der Waals surface area contributed by atoms with Crippen LogP contribution in [0.4, 0.5) is 5.82 Å². The molecule has 1 aliphatic rings. The van der Waals surface area contributed by atoms with E-state index in [1.807, 2.05) is 24.3 Å². The molecule has 4 heteroatoms. The minimum absolute atomic E-state index is 0.499. The Bertz CT molecular complexity index is 793. The van der Waals surface area contributed by atoms with Crippen molar-refractivity contribution in [3.63, 3.8) is 0 Å². The molecule has 2 aromatic heterocycles.